The fraction of sp³-hybridized carbons (Fsp3) is 0.200. The Morgan fingerprint density at radius 3 is 2.38 bits per heavy atom. The molecule has 0 aromatic heterocycles. The van der Waals surface area contributed by atoms with Gasteiger partial charge in [-0.25, -0.2) is 4.39 Å². The van der Waals surface area contributed by atoms with E-state index in [-0.39, 0.29) is 12.0 Å². The van der Waals surface area contributed by atoms with Crippen molar-refractivity contribution in [2.45, 2.75) is 18.6 Å². The van der Waals surface area contributed by atoms with E-state index in [0.29, 0.717) is 16.7 Å². The van der Waals surface area contributed by atoms with Gasteiger partial charge in [0.15, 0.2) is 0 Å². The highest BCUT2D eigenvalue weighted by molar-refractivity contribution is 6.31. The maximum Gasteiger partial charge on any atom is 0.416 e. The quantitative estimate of drug-likeness (QED) is 0.813. The Morgan fingerprint density at radius 1 is 1.10 bits per heavy atom. The van der Waals surface area contributed by atoms with Crippen LogP contribution in [0.25, 0.3) is 0 Å². The summed E-state index contributed by atoms with van der Waals surface area (Å²) < 4.78 is 51.7. The van der Waals surface area contributed by atoms with E-state index in [9.17, 15) is 17.6 Å². The van der Waals surface area contributed by atoms with Crippen LogP contribution < -0.4 is 5.73 Å². The zero-order valence-corrected chi connectivity index (χ0v) is 11.5. The molecular weight excluding hydrogens is 306 g/mol. The standard InChI is InChI=1S/C15H12ClF4N/c16-12-4-2-1-3-9(12)7-14(21)11-8-10(15(18,19)20)5-6-13(11)17/h1-6,8,14H,7,21H2. The molecule has 2 aromatic rings. The summed E-state index contributed by atoms with van der Waals surface area (Å²) in [4.78, 5) is 0. The lowest BCUT2D eigenvalue weighted by Gasteiger charge is -2.16. The first-order chi connectivity index (χ1) is 9.79. The smallest absolute Gasteiger partial charge is 0.324 e. The van der Waals surface area contributed by atoms with Crippen LogP contribution in [0.2, 0.25) is 5.02 Å². The van der Waals surface area contributed by atoms with Crippen molar-refractivity contribution in [1.82, 2.24) is 0 Å². The molecule has 21 heavy (non-hydrogen) atoms. The van der Waals surface area contributed by atoms with Crippen LogP contribution in [0.3, 0.4) is 0 Å². The van der Waals surface area contributed by atoms with Crippen LogP contribution in [-0.4, -0.2) is 0 Å². The first kappa shape index (κ1) is 15.8. The summed E-state index contributed by atoms with van der Waals surface area (Å²) in [5, 5.41) is 0.445. The van der Waals surface area contributed by atoms with Crippen molar-refractivity contribution in [3.63, 3.8) is 0 Å². The maximum absolute atomic E-state index is 13.7. The van der Waals surface area contributed by atoms with E-state index in [0.717, 1.165) is 12.1 Å². The molecule has 0 aliphatic carbocycles. The molecule has 1 unspecified atom stereocenters. The van der Waals surface area contributed by atoms with Crippen molar-refractivity contribution in [2.75, 3.05) is 0 Å². The van der Waals surface area contributed by atoms with Crippen LogP contribution in [0.15, 0.2) is 42.5 Å². The summed E-state index contributed by atoms with van der Waals surface area (Å²) in [5.41, 5.74) is 5.40. The Bertz CT molecular complexity index is 640. The fourth-order valence-electron chi connectivity index (χ4n) is 2.02. The van der Waals surface area contributed by atoms with Gasteiger partial charge < -0.3 is 5.73 Å². The van der Waals surface area contributed by atoms with Gasteiger partial charge in [-0.2, -0.15) is 13.2 Å². The van der Waals surface area contributed by atoms with Gasteiger partial charge in [0.05, 0.1) is 5.56 Å². The van der Waals surface area contributed by atoms with Crippen LogP contribution in [0, 0.1) is 5.82 Å². The third-order valence-electron chi connectivity index (χ3n) is 3.12. The van der Waals surface area contributed by atoms with Crippen LogP contribution in [0.4, 0.5) is 17.6 Å². The molecule has 0 saturated heterocycles. The fourth-order valence-corrected chi connectivity index (χ4v) is 2.23. The molecule has 0 aliphatic heterocycles. The number of hydrogen-bond donors (Lipinski definition) is 1. The highest BCUT2D eigenvalue weighted by atomic mass is 35.5. The Balaban J connectivity index is 2.31. The first-order valence-electron chi connectivity index (χ1n) is 6.14. The monoisotopic (exact) mass is 317 g/mol. The van der Waals surface area contributed by atoms with E-state index < -0.39 is 23.6 Å². The molecule has 2 aromatic carbocycles. The van der Waals surface area contributed by atoms with Crippen molar-refractivity contribution < 1.29 is 17.6 Å². The lowest BCUT2D eigenvalue weighted by Crippen LogP contribution is -2.17. The molecule has 2 rings (SSSR count). The van der Waals surface area contributed by atoms with E-state index in [4.69, 9.17) is 17.3 Å². The molecule has 0 radical (unpaired) electrons. The molecule has 0 saturated carbocycles. The van der Waals surface area contributed by atoms with Crippen molar-refractivity contribution in [3.8, 4) is 0 Å². The number of nitrogens with two attached hydrogens (primary N) is 1. The Morgan fingerprint density at radius 2 is 1.76 bits per heavy atom. The van der Waals surface area contributed by atoms with Crippen molar-refractivity contribution in [3.05, 3.63) is 70.0 Å². The first-order valence-corrected chi connectivity index (χ1v) is 6.52. The molecule has 0 amide bonds. The molecule has 0 bridgehead atoms. The lowest BCUT2D eigenvalue weighted by molar-refractivity contribution is -0.137. The van der Waals surface area contributed by atoms with Gasteiger partial charge in [0.1, 0.15) is 5.82 Å². The average Bonchev–Trinajstić information content (AvgIpc) is 2.40. The highest BCUT2D eigenvalue weighted by Crippen LogP contribution is 2.32. The topological polar surface area (TPSA) is 26.0 Å². The number of halogens is 5. The molecule has 0 spiro atoms. The normalized spacial score (nSPS) is 13.2. The van der Waals surface area contributed by atoms with Crippen LogP contribution >= 0.6 is 11.6 Å². The van der Waals surface area contributed by atoms with E-state index in [1.165, 1.54) is 0 Å². The molecule has 6 heteroatoms. The third kappa shape index (κ3) is 3.74. The van der Waals surface area contributed by atoms with E-state index >= 15 is 0 Å². The minimum absolute atomic E-state index is 0.151. The lowest BCUT2D eigenvalue weighted by atomic mass is 9.97. The SMILES string of the molecule is NC(Cc1ccccc1Cl)c1cc(C(F)(F)F)ccc1F. The molecule has 1 atom stereocenters. The number of alkyl halides is 3. The summed E-state index contributed by atoms with van der Waals surface area (Å²) in [6.45, 7) is 0. The largest absolute Gasteiger partial charge is 0.416 e. The Hall–Kier alpha value is -1.59. The van der Waals surface area contributed by atoms with Crippen molar-refractivity contribution >= 4 is 11.6 Å². The molecule has 0 fully saturated rings. The summed E-state index contributed by atoms with van der Waals surface area (Å²) in [6.07, 6.45) is -4.38. The number of rotatable bonds is 3. The summed E-state index contributed by atoms with van der Waals surface area (Å²) in [7, 11) is 0. The van der Waals surface area contributed by atoms with Crippen LogP contribution in [0.5, 0.6) is 0 Å². The van der Waals surface area contributed by atoms with Gasteiger partial charge in [-0.3, -0.25) is 0 Å². The third-order valence-corrected chi connectivity index (χ3v) is 3.49. The second-order valence-corrected chi connectivity index (χ2v) is 5.04. The van der Waals surface area contributed by atoms with Crippen molar-refractivity contribution in [2.24, 2.45) is 5.73 Å². The zero-order valence-electron chi connectivity index (χ0n) is 10.8. The molecular formula is C15H12ClF4N. The average molecular weight is 318 g/mol. The second kappa shape index (κ2) is 6.03. The van der Waals surface area contributed by atoms with E-state index in [1.807, 2.05) is 0 Å². The summed E-state index contributed by atoms with van der Waals surface area (Å²) in [6, 6.07) is 8.12. The van der Waals surface area contributed by atoms with Gasteiger partial charge in [0.25, 0.3) is 0 Å². The number of hydrogen-bond acceptors (Lipinski definition) is 1. The Kier molecular flexibility index (Phi) is 4.54. The van der Waals surface area contributed by atoms with Gasteiger partial charge >= 0.3 is 6.18 Å². The second-order valence-electron chi connectivity index (χ2n) is 4.64. The summed E-state index contributed by atoms with van der Waals surface area (Å²) >= 11 is 5.97. The maximum atomic E-state index is 13.7. The number of benzene rings is 2. The van der Waals surface area contributed by atoms with Gasteiger partial charge in [-0.15, -0.1) is 0 Å². The molecule has 0 heterocycles. The van der Waals surface area contributed by atoms with E-state index in [1.54, 1.807) is 24.3 Å². The zero-order chi connectivity index (χ0) is 15.6. The van der Waals surface area contributed by atoms with Crippen LogP contribution in [0.1, 0.15) is 22.7 Å². The minimum Gasteiger partial charge on any atom is -0.324 e. The Labute approximate surface area is 124 Å². The van der Waals surface area contributed by atoms with Gasteiger partial charge in [-0.1, -0.05) is 29.8 Å². The van der Waals surface area contributed by atoms with Gasteiger partial charge in [0.2, 0.25) is 0 Å². The highest BCUT2D eigenvalue weighted by Gasteiger charge is 2.31. The molecule has 0 aliphatic rings. The van der Waals surface area contributed by atoms with Crippen LogP contribution in [-0.2, 0) is 12.6 Å². The molecule has 2 N–H and O–H groups in total. The molecule has 112 valence electrons. The van der Waals surface area contributed by atoms with Gasteiger partial charge in [0, 0.05) is 16.6 Å². The molecule has 1 nitrogen and oxygen atoms in total. The van der Waals surface area contributed by atoms with Gasteiger partial charge in [-0.05, 0) is 36.2 Å². The van der Waals surface area contributed by atoms with Crippen molar-refractivity contribution in [1.29, 1.82) is 0 Å². The predicted molar refractivity (Wildman–Crippen MR) is 73.5 cm³/mol. The minimum atomic E-state index is -4.54. The van der Waals surface area contributed by atoms with E-state index in [2.05, 4.69) is 0 Å². The summed E-state index contributed by atoms with van der Waals surface area (Å²) in [5.74, 6) is -0.762. The predicted octanol–water partition coefficient (Wildman–Crippen LogP) is 4.74.